The van der Waals surface area contributed by atoms with Crippen molar-refractivity contribution in [3.8, 4) is 0 Å². The van der Waals surface area contributed by atoms with Crippen molar-refractivity contribution in [3.05, 3.63) is 59.4 Å². The van der Waals surface area contributed by atoms with E-state index in [0.717, 1.165) is 12.1 Å². The van der Waals surface area contributed by atoms with Gasteiger partial charge in [-0.15, -0.1) is 0 Å². The number of hydrogen-bond acceptors (Lipinski definition) is 3. The maximum atomic E-state index is 13.6. The van der Waals surface area contributed by atoms with Gasteiger partial charge in [0.15, 0.2) is 5.69 Å². The van der Waals surface area contributed by atoms with E-state index in [1.54, 1.807) is 19.1 Å². The average molecular weight is 277 g/mol. The fraction of sp³-hybridized carbons (Fsp3) is 0.143. The first-order valence-corrected chi connectivity index (χ1v) is 5.95. The van der Waals surface area contributed by atoms with Gasteiger partial charge in [0, 0.05) is 17.8 Å². The number of rotatable bonds is 3. The van der Waals surface area contributed by atoms with Crippen LogP contribution in [0.25, 0.3) is 0 Å². The Kier molecular flexibility index (Phi) is 3.93. The van der Waals surface area contributed by atoms with Gasteiger partial charge in [-0.2, -0.15) is 0 Å². The number of amides is 1. The number of halogens is 2. The molecule has 4 nitrogen and oxygen atoms in total. The zero-order chi connectivity index (χ0) is 14.7. The van der Waals surface area contributed by atoms with Gasteiger partial charge in [-0.3, -0.25) is 4.79 Å². The van der Waals surface area contributed by atoms with Crippen molar-refractivity contribution < 1.29 is 13.6 Å². The normalized spacial score (nSPS) is 11.9. The Bertz CT molecular complexity index is 646. The molecule has 0 radical (unpaired) electrons. The largest absolute Gasteiger partial charge is 0.397 e. The van der Waals surface area contributed by atoms with Crippen LogP contribution in [-0.4, -0.2) is 10.9 Å². The molecule has 104 valence electrons. The van der Waals surface area contributed by atoms with E-state index in [9.17, 15) is 13.6 Å². The van der Waals surface area contributed by atoms with E-state index in [-0.39, 0.29) is 16.9 Å². The van der Waals surface area contributed by atoms with E-state index in [1.807, 2.05) is 0 Å². The zero-order valence-electron chi connectivity index (χ0n) is 10.7. The summed E-state index contributed by atoms with van der Waals surface area (Å²) in [4.78, 5) is 15.8. The van der Waals surface area contributed by atoms with Crippen LogP contribution in [0, 0.1) is 11.6 Å². The summed E-state index contributed by atoms with van der Waals surface area (Å²) in [6.45, 7) is 1.59. The van der Waals surface area contributed by atoms with E-state index >= 15 is 0 Å². The predicted octanol–water partition coefficient (Wildman–Crippen LogP) is 2.43. The Morgan fingerprint density at radius 3 is 2.75 bits per heavy atom. The molecule has 1 atom stereocenters. The first-order chi connectivity index (χ1) is 9.49. The molecule has 0 aliphatic rings. The lowest BCUT2D eigenvalue weighted by Gasteiger charge is -2.15. The maximum Gasteiger partial charge on any atom is 0.272 e. The third-order valence-electron chi connectivity index (χ3n) is 2.83. The number of carbonyl (C=O) groups is 1. The van der Waals surface area contributed by atoms with Gasteiger partial charge in [0.25, 0.3) is 5.91 Å². The molecule has 3 N–H and O–H groups in total. The second-order valence-electron chi connectivity index (χ2n) is 4.30. The second kappa shape index (κ2) is 5.64. The SMILES string of the molecule is CC(NC(=O)c1ncccc1N)c1ccc(F)cc1F. The molecule has 0 aliphatic heterocycles. The van der Waals surface area contributed by atoms with E-state index in [2.05, 4.69) is 10.3 Å². The minimum absolute atomic E-state index is 0.0712. The molecular weight excluding hydrogens is 264 g/mol. The van der Waals surface area contributed by atoms with Crippen LogP contribution in [0.15, 0.2) is 36.5 Å². The number of nitrogens with one attached hydrogen (secondary N) is 1. The molecular formula is C14H13F2N3O. The molecule has 1 amide bonds. The van der Waals surface area contributed by atoms with Crippen LogP contribution >= 0.6 is 0 Å². The van der Waals surface area contributed by atoms with Gasteiger partial charge in [-0.1, -0.05) is 6.07 Å². The smallest absolute Gasteiger partial charge is 0.272 e. The standard InChI is InChI=1S/C14H13F2N3O/c1-8(10-5-4-9(15)7-11(10)16)19-14(20)13-12(17)3-2-6-18-13/h2-8H,17H2,1H3,(H,19,20). The summed E-state index contributed by atoms with van der Waals surface area (Å²) in [5.74, 6) is -1.90. The molecule has 1 unspecified atom stereocenters. The number of nitrogen functional groups attached to an aromatic ring is 1. The molecule has 1 aromatic carbocycles. The van der Waals surface area contributed by atoms with E-state index in [0.29, 0.717) is 0 Å². The highest BCUT2D eigenvalue weighted by molar-refractivity contribution is 5.97. The molecule has 6 heteroatoms. The van der Waals surface area contributed by atoms with Crippen molar-refractivity contribution in [2.75, 3.05) is 5.73 Å². The van der Waals surface area contributed by atoms with Crippen LogP contribution < -0.4 is 11.1 Å². The minimum Gasteiger partial charge on any atom is -0.397 e. The molecule has 0 saturated carbocycles. The number of aromatic nitrogens is 1. The third-order valence-corrected chi connectivity index (χ3v) is 2.83. The highest BCUT2D eigenvalue weighted by Crippen LogP contribution is 2.18. The van der Waals surface area contributed by atoms with Crippen molar-refractivity contribution in [2.45, 2.75) is 13.0 Å². The van der Waals surface area contributed by atoms with E-state index < -0.39 is 23.6 Å². The summed E-state index contributed by atoms with van der Waals surface area (Å²) in [5.41, 5.74) is 6.13. The Morgan fingerprint density at radius 1 is 1.35 bits per heavy atom. The second-order valence-corrected chi connectivity index (χ2v) is 4.30. The lowest BCUT2D eigenvalue weighted by Crippen LogP contribution is -2.28. The first-order valence-electron chi connectivity index (χ1n) is 5.95. The number of hydrogen-bond donors (Lipinski definition) is 2. The highest BCUT2D eigenvalue weighted by Gasteiger charge is 2.17. The lowest BCUT2D eigenvalue weighted by atomic mass is 10.1. The molecule has 1 aromatic heterocycles. The van der Waals surface area contributed by atoms with Crippen LogP contribution in [0.2, 0.25) is 0 Å². The summed E-state index contributed by atoms with van der Waals surface area (Å²) in [6, 6.07) is 5.71. The van der Waals surface area contributed by atoms with Crippen molar-refractivity contribution in [2.24, 2.45) is 0 Å². The Balaban J connectivity index is 2.17. The molecule has 0 bridgehead atoms. The van der Waals surface area contributed by atoms with Crippen LogP contribution in [-0.2, 0) is 0 Å². The molecule has 2 aromatic rings. The lowest BCUT2D eigenvalue weighted by molar-refractivity contribution is 0.0935. The maximum absolute atomic E-state index is 13.6. The van der Waals surface area contributed by atoms with Crippen LogP contribution in [0.4, 0.5) is 14.5 Å². The summed E-state index contributed by atoms with van der Waals surface area (Å²) in [7, 11) is 0. The minimum atomic E-state index is -0.716. The van der Waals surface area contributed by atoms with Gasteiger partial charge < -0.3 is 11.1 Å². The molecule has 0 spiro atoms. The number of benzene rings is 1. The summed E-state index contributed by atoms with van der Waals surface area (Å²) >= 11 is 0. The fourth-order valence-corrected chi connectivity index (χ4v) is 1.80. The quantitative estimate of drug-likeness (QED) is 0.905. The Hall–Kier alpha value is -2.50. The topological polar surface area (TPSA) is 68.0 Å². The molecule has 0 aliphatic carbocycles. The monoisotopic (exact) mass is 277 g/mol. The molecule has 0 fully saturated rings. The van der Waals surface area contributed by atoms with Gasteiger partial charge in [-0.05, 0) is 25.1 Å². The molecule has 0 saturated heterocycles. The fourth-order valence-electron chi connectivity index (χ4n) is 1.80. The van der Waals surface area contributed by atoms with Crippen molar-refractivity contribution in [1.82, 2.24) is 10.3 Å². The van der Waals surface area contributed by atoms with E-state index in [1.165, 1.54) is 12.3 Å². The van der Waals surface area contributed by atoms with Crippen LogP contribution in [0.5, 0.6) is 0 Å². The summed E-state index contributed by atoms with van der Waals surface area (Å²) in [5, 5.41) is 2.57. The van der Waals surface area contributed by atoms with Crippen LogP contribution in [0.1, 0.15) is 29.0 Å². The van der Waals surface area contributed by atoms with Crippen molar-refractivity contribution in [1.29, 1.82) is 0 Å². The van der Waals surface area contributed by atoms with Gasteiger partial charge in [0.05, 0.1) is 11.7 Å². The number of nitrogens with two attached hydrogens (primary N) is 1. The van der Waals surface area contributed by atoms with E-state index in [4.69, 9.17) is 5.73 Å². The number of anilines is 1. The highest BCUT2D eigenvalue weighted by atomic mass is 19.1. The van der Waals surface area contributed by atoms with Crippen molar-refractivity contribution >= 4 is 11.6 Å². The number of nitrogens with zero attached hydrogens (tertiary/aromatic N) is 1. The number of pyridine rings is 1. The Morgan fingerprint density at radius 2 is 2.10 bits per heavy atom. The predicted molar refractivity (Wildman–Crippen MR) is 70.9 cm³/mol. The van der Waals surface area contributed by atoms with Crippen LogP contribution in [0.3, 0.4) is 0 Å². The summed E-state index contributed by atoms with van der Waals surface area (Å²) in [6.07, 6.45) is 1.44. The molecule has 20 heavy (non-hydrogen) atoms. The Labute approximate surface area is 114 Å². The van der Waals surface area contributed by atoms with Gasteiger partial charge in [-0.25, -0.2) is 13.8 Å². The average Bonchev–Trinajstić information content (AvgIpc) is 2.38. The first kappa shape index (κ1) is 13.9. The molecule has 1 heterocycles. The zero-order valence-corrected chi connectivity index (χ0v) is 10.7. The summed E-state index contributed by atoms with van der Waals surface area (Å²) < 4.78 is 26.4. The van der Waals surface area contributed by atoms with Gasteiger partial charge in [0.2, 0.25) is 0 Å². The van der Waals surface area contributed by atoms with Gasteiger partial charge >= 0.3 is 0 Å². The van der Waals surface area contributed by atoms with Gasteiger partial charge in [0.1, 0.15) is 11.6 Å². The molecule has 2 rings (SSSR count). The van der Waals surface area contributed by atoms with Crippen molar-refractivity contribution in [3.63, 3.8) is 0 Å². The third kappa shape index (κ3) is 2.90. The number of carbonyl (C=O) groups excluding carboxylic acids is 1.